The Labute approximate surface area is 150 Å². The van der Waals surface area contributed by atoms with Gasteiger partial charge in [0.2, 0.25) is 0 Å². The van der Waals surface area contributed by atoms with Gasteiger partial charge in [-0.3, -0.25) is 9.59 Å². The molecule has 0 aromatic heterocycles. The number of aliphatic carboxylic acids is 1. The molecule has 1 amide bonds. The second-order valence-electron chi connectivity index (χ2n) is 6.30. The second-order valence-corrected chi connectivity index (χ2v) is 6.30. The monoisotopic (exact) mass is 350 g/mol. The van der Waals surface area contributed by atoms with Gasteiger partial charge in [-0.25, -0.2) is 0 Å². The summed E-state index contributed by atoms with van der Waals surface area (Å²) in [6, 6.07) is 13.6. The van der Waals surface area contributed by atoms with E-state index in [1.807, 2.05) is 36.4 Å². The number of hydrogen-bond acceptors (Lipinski definition) is 4. The van der Waals surface area contributed by atoms with Crippen LogP contribution in [-0.2, 0) is 27.4 Å². The van der Waals surface area contributed by atoms with Gasteiger partial charge in [0, 0.05) is 22.4 Å². The Hall–Kier alpha value is -3.12. The average Bonchev–Trinajstić information content (AvgIpc) is 3.17. The van der Waals surface area contributed by atoms with Gasteiger partial charge in [-0.2, -0.15) is 0 Å². The van der Waals surface area contributed by atoms with Crippen molar-refractivity contribution in [1.82, 2.24) is 5.32 Å². The van der Waals surface area contributed by atoms with Crippen LogP contribution in [0.3, 0.4) is 0 Å². The Kier molecular flexibility index (Phi) is 4.18. The van der Waals surface area contributed by atoms with Crippen LogP contribution < -0.4 is 10.6 Å². The van der Waals surface area contributed by atoms with Crippen molar-refractivity contribution in [3.8, 4) is 0 Å². The summed E-state index contributed by atoms with van der Waals surface area (Å²) in [6.07, 6.45) is 0.732. The molecule has 0 radical (unpaired) electrons. The fourth-order valence-corrected chi connectivity index (χ4v) is 3.35. The third-order valence-electron chi connectivity index (χ3n) is 4.55. The first-order valence-electron chi connectivity index (χ1n) is 8.46. The van der Waals surface area contributed by atoms with E-state index in [9.17, 15) is 9.59 Å². The quantitative estimate of drug-likeness (QED) is 0.569. The zero-order valence-corrected chi connectivity index (χ0v) is 14.0. The van der Waals surface area contributed by atoms with E-state index in [4.69, 9.17) is 9.84 Å². The lowest BCUT2D eigenvalue weighted by molar-refractivity contribution is -0.135. The number of anilines is 1. The van der Waals surface area contributed by atoms with Gasteiger partial charge in [-0.05, 0) is 24.6 Å². The molecule has 2 aromatic carbocycles. The number of ether oxygens (including phenoxy) is 1. The third-order valence-corrected chi connectivity index (χ3v) is 4.55. The van der Waals surface area contributed by atoms with Crippen LogP contribution in [0.4, 0.5) is 5.69 Å². The average molecular weight is 350 g/mol. The largest absolute Gasteiger partial charge is 0.487 e. The minimum absolute atomic E-state index is 0.0428. The van der Waals surface area contributed by atoms with E-state index in [0.29, 0.717) is 24.5 Å². The molecule has 2 heterocycles. The summed E-state index contributed by atoms with van der Waals surface area (Å²) < 4.78 is 5.87. The maximum absolute atomic E-state index is 12.4. The number of carboxylic acids is 1. The Morgan fingerprint density at radius 2 is 2.04 bits per heavy atom. The summed E-state index contributed by atoms with van der Waals surface area (Å²) in [7, 11) is 0. The van der Waals surface area contributed by atoms with Gasteiger partial charge in [0.05, 0.1) is 12.1 Å². The number of carboxylic acid groups (broad SMARTS) is 1. The number of carbonyl (C=O) groups excluding carboxylic acids is 1. The standard InChI is InChI=1S/C20H18N2O4/c23-17(24)10-21-8-7-12-5-6-14-13(9-12)11-26-19(14)18-15-3-1-2-4-16(15)22-20(18)25/h1-6,9,21H,7-8,10-11H2,(H,22,25)(H,23,24). The zero-order chi connectivity index (χ0) is 18.1. The molecule has 6 nitrogen and oxygen atoms in total. The molecular formula is C20H18N2O4. The van der Waals surface area contributed by atoms with Crippen LogP contribution in [0.1, 0.15) is 22.3 Å². The molecule has 0 bridgehead atoms. The number of benzene rings is 2. The number of carbonyl (C=O) groups is 2. The van der Waals surface area contributed by atoms with E-state index >= 15 is 0 Å². The van der Waals surface area contributed by atoms with E-state index in [1.54, 1.807) is 0 Å². The lowest BCUT2D eigenvalue weighted by Crippen LogP contribution is -2.24. The first kappa shape index (κ1) is 16.4. The SMILES string of the molecule is O=C(O)CNCCc1ccc2c(c1)COC2=C1C(=O)Nc2ccccc21. The molecule has 3 N–H and O–H groups in total. The minimum Gasteiger partial charge on any atom is -0.487 e. The van der Waals surface area contributed by atoms with Crippen LogP contribution >= 0.6 is 0 Å². The van der Waals surface area contributed by atoms with Crippen molar-refractivity contribution in [3.63, 3.8) is 0 Å². The van der Waals surface area contributed by atoms with Gasteiger partial charge >= 0.3 is 5.97 Å². The molecular weight excluding hydrogens is 332 g/mol. The highest BCUT2D eigenvalue weighted by atomic mass is 16.5. The van der Waals surface area contributed by atoms with Crippen molar-refractivity contribution >= 4 is 28.9 Å². The molecule has 0 fully saturated rings. The van der Waals surface area contributed by atoms with Crippen LogP contribution in [0.5, 0.6) is 0 Å². The van der Waals surface area contributed by atoms with E-state index < -0.39 is 5.97 Å². The van der Waals surface area contributed by atoms with Crippen molar-refractivity contribution in [1.29, 1.82) is 0 Å². The topological polar surface area (TPSA) is 87.7 Å². The summed E-state index contributed by atoms with van der Waals surface area (Å²) in [5.74, 6) is -0.382. The molecule has 2 aromatic rings. The minimum atomic E-state index is -0.862. The molecule has 0 unspecified atom stereocenters. The molecule has 2 aliphatic rings. The molecule has 0 spiro atoms. The van der Waals surface area contributed by atoms with E-state index in [-0.39, 0.29) is 12.5 Å². The highest BCUT2D eigenvalue weighted by Crippen LogP contribution is 2.41. The predicted octanol–water partition coefficient (Wildman–Crippen LogP) is 2.25. The smallest absolute Gasteiger partial charge is 0.317 e. The van der Waals surface area contributed by atoms with E-state index in [1.165, 1.54) is 0 Å². The van der Waals surface area contributed by atoms with Crippen LogP contribution in [0.25, 0.3) is 11.3 Å². The van der Waals surface area contributed by atoms with E-state index in [2.05, 4.69) is 16.7 Å². The number of nitrogens with one attached hydrogen (secondary N) is 2. The molecule has 0 atom stereocenters. The number of rotatable bonds is 5. The molecule has 6 heteroatoms. The molecule has 0 saturated heterocycles. The van der Waals surface area contributed by atoms with Crippen LogP contribution in [0, 0.1) is 0 Å². The molecule has 0 aliphatic carbocycles. The lowest BCUT2D eigenvalue weighted by Gasteiger charge is -2.06. The number of amides is 1. The van der Waals surface area contributed by atoms with Crippen LogP contribution in [0.15, 0.2) is 42.5 Å². The Balaban J connectivity index is 1.59. The number of hydrogen-bond donors (Lipinski definition) is 3. The first-order valence-corrected chi connectivity index (χ1v) is 8.46. The fourth-order valence-electron chi connectivity index (χ4n) is 3.35. The lowest BCUT2D eigenvalue weighted by atomic mass is 9.98. The molecule has 26 heavy (non-hydrogen) atoms. The first-order chi connectivity index (χ1) is 12.6. The molecule has 4 rings (SSSR count). The Morgan fingerprint density at radius 3 is 2.88 bits per heavy atom. The summed E-state index contributed by atoms with van der Waals surface area (Å²) in [5, 5.41) is 14.4. The van der Waals surface area contributed by atoms with Crippen molar-refractivity contribution < 1.29 is 19.4 Å². The summed E-state index contributed by atoms with van der Waals surface area (Å²) in [5.41, 5.74) is 5.33. The maximum Gasteiger partial charge on any atom is 0.317 e. The summed E-state index contributed by atoms with van der Waals surface area (Å²) in [4.78, 5) is 22.9. The van der Waals surface area contributed by atoms with Gasteiger partial charge in [0.25, 0.3) is 5.91 Å². The van der Waals surface area contributed by atoms with Gasteiger partial charge in [0.1, 0.15) is 12.4 Å². The third kappa shape index (κ3) is 2.95. The summed E-state index contributed by atoms with van der Waals surface area (Å²) >= 11 is 0. The van der Waals surface area contributed by atoms with Gasteiger partial charge in [-0.1, -0.05) is 36.4 Å². The van der Waals surface area contributed by atoms with Crippen molar-refractivity contribution in [2.45, 2.75) is 13.0 Å². The zero-order valence-electron chi connectivity index (χ0n) is 14.0. The summed E-state index contributed by atoms with van der Waals surface area (Å²) in [6.45, 7) is 0.981. The Bertz CT molecular complexity index is 933. The van der Waals surface area contributed by atoms with Crippen LogP contribution in [0.2, 0.25) is 0 Å². The Morgan fingerprint density at radius 1 is 1.19 bits per heavy atom. The van der Waals surface area contributed by atoms with Gasteiger partial charge < -0.3 is 20.5 Å². The van der Waals surface area contributed by atoms with Gasteiger partial charge in [0.15, 0.2) is 0 Å². The normalized spacial score (nSPS) is 17.5. The molecule has 132 valence electrons. The fraction of sp³-hybridized carbons (Fsp3) is 0.200. The number of fused-ring (bicyclic) bond motifs is 2. The van der Waals surface area contributed by atoms with Crippen molar-refractivity contribution in [2.75, 3.05) is 18.4 Å². The number of para-hydroxylation sites is 1. The second kappa shape index (κ2) is 6.65. The van der Waals surface area contributed by atoms with Crippen molar-refractivity contribution in [2.24, 2.45) is 0 Å². The van der Waals surface area contributed by atoms with E-state index in [0.717, 1.165) is 34.4 Å². The maximum atomic E-state index is 12.4. The van der Waals surface area contributed by atoms with Crippen LogP contribution in [-0.4, -0.2) is 30.1 Å². The van der Waals surface area contributed by atoms with Crippen molar-refractivity contribution in [3.05, 3.63) is 64.7 Å². The van der Waals surface area contributed by atoms with Gasteiger partial charge in [-0.15, -0.1) is 0 Å². The molecule has 0 saturated carbocycles. The highest BCUT2D eigenvalue weighted by molar-refractivity contribution is 6.36. The highest BCUT2D eigenvalue weighted by Gasteiger charge is 2.32. The molecule has 2 aliphatic heterocycles. The predicted molar refractivity (Wildman–Crippen MR) is 97.3 cm³/mol.